The predicted octanol–water partition coefficient (Wildman–Crippen LogP) is 2.80. The molecule has 2 aromatic carbocycles. The van der Waals surface area contributed by atoms with Crippen molar-refractivity contribution in [2.75, 3.05) is 6.61 Å². The maximum Gasteiger partial charge on any atom is 0.124 e. The summed E-state index contributed by atoms with van der Waals surface area (Å²) in [5.41, 5.74) is 3.48. The van der Waals surface area contributed by atoms with E-state index < -0.39 is 0 Å². The predicted molar refractivity (Wildman–Crippen MR) is 82.2 cm³/mol. The molecule has 4 nitrogen and oxygen atoms in total. The first-order valence-corrected chi connectivity index (χ1v) is 7.18. The average Bonchev–Trinajstić information content (AvgIpc) is 3.08. The molecule has 1 aromatic heterocycles. The second kappa shape index (κ2) is 4.90. The van der Waals surface area contributed by atoms with Crippen molar-refractivity contribution < 1.29 is 4.74 Å². The molecule has 0 radical (unpaired) electrons. The SMILES string of the molecule is Cn1nc(CNC2COc3ccccc32)c2ccccc21. The minimum Gasteiger partial charge on any atom is -0.491 e. The standard InChI is InChI=1S/C17H17N3O/c1-20-16-8-4-2-6-12(16)14(19-20)10-18-15-11-21-17-9-5-3-7-13(15)17/h2-9,15,18H,10-11H2,1H3. The summed E-state index contributed by atoms with van der Waals surface area (Å²) in [4.78, 5) is 0. The summed E-state index contributed by atoms with van der Waals surface area (Å²) < 4.78 is 7.64. The van der Waals surface area contributed by atoms with Crippen molar-refractivity contribution in [3.63, 3.8) is 0 Å². The number of hydrogen-bond donors (Lipinski definition) is 1. The van der Waals surface area contributed by atoms with E-state index in [1.54, 1.807) is 0 Å². The molecule has 1 N–H and O–H groups in total. The molecule has 0 fully saturated rings. The van der Waals surface area contributed by atoms with Gasteiger partial charge in [0.1, 0.15) is 12.4 Å². The van der Waals surface area contributed by atoms with Gasteiger partial charge in [-0.2, -0.15) is 5.10 Å². The van der Waals surface area contributed by atoms with Crippen molar-refractivity contribution in [2.24, 2.45) is 7.05 Å². The molecular weight excluding hydrogens is 262 g/mol. The smallest absolute Gasteiger partial charge is 0.124 e. The quantitative estimate of drug-likeness (QED) is 0.801. The third kappa shape index (κ3) is 2.08. The average molecular weight is 279 g/mol. The van der Waals surface area contributed by atoms with Crippen molar-refractivity contribution in [3.05, 3.63) is 59.8 Å². The van der Waals surface area contributed by atoms with Gasteiger partial charge in [0.25, 0.3) is 0 Å². The third-order valence-corrected chi connectivity index (χ3v) is 4.05. The van der Waals surface area contributed by atoms with Crippen LogP contribution >= 0.6 is 0 Å². The molecule has 0 spiro atoms. The Morgan fingerprint density at radius 3 is 2.95 bits per heavy atom. The summed E-state index contributed by atoms with van der Waals surface area (Å²) in [5, 5.41) is 9.39. The Labute approximate surface area is 123 Å². The van der Waals surface area contributed by atoms with Crippen molar-refractivity contribution in [2.45, 2.75) is 12.6 Å². The molecule has 3 aromatic rings. The summed E-state index contributed by atoms with van der Waals surface area (Å²) in [5.74, 6) is 0.987. The third-order valence-electron chi connectivity index (χ3n) is 4.05. The first kappa shape index (κ1) is 12.4. The first-order valence-electron chi connectivity index (χ1n) is 7.18. The van der Waals surface area contributed by atoms with Crippen LogP contribution in [0.4, 0.5) is 0 Å². The number of nitrogens with zero attached hydrogens (tertiary/aromatic N) is 2. The van der Waals surface area contributed by atoms with Crippen LogP contribution in [-0.2, 0) is 13.6 Å². The summed E-state index contributed by atoms with van der Waals surface area (Å²) in [7, 11) is 1.99. The molecule has 0 aliphatic carbocycles. The van der Waals surface area contributed by atoms with Crippen LogP contribution in [0.3, 0.4) is 0 Å². The number of fused-ring (bicyclic) bond motifs is 2. The minimum atomic E-state index is 0.238. The van der Waals surface area contributed by atoms with Crippen LogP contribution in [0, 0.1) is 0 Å². The molecule has 1 aliphatic heterocycles. The molecule has 4 heteroatoms. The number of ether oxygens (including phenoxy) is 1. The Bertz CT molecular complexity index is 794. The summed E-state index contributed by atoms with van der Waals surface area (Å²) in [6.45, 7) is 1.42. The molecule has 2 heterocycles. The Kier molecular flexibility index (Phi) is 2.89. The lowest BCUT2D eigenvalue weighted by Crippen LogP contribution is -2.22. The van der Waals surface area contributed by atoms with Gasteiger partial charge in [0.2, 0.25) is 0 Å². The Morgan fingerprint density at radius 2 is 2.00 bits per heavy atom. The number of benzene rings is 2. The molecule has 4 rings (SSSR count). The van der Waals surface area contributed by atoms with Crippen molar-refractivity contribution >= 4 is 10.9 Å². The highest BCUT2D eigenvalue weighted by atomic mass is 16.5. The van der Waals surface area contributed by atoms with E-state index in [0.29, 0.717) is 6.61 Å². The van der Waals surface area contributed by atoms with Crippen molar-refractivity contribution in [3.8, 4) is 5.75 Å². The van der Waals surface area contributed by atoms with Gasteiger partial charge in [0, 0.05) is 24.5 Å². The van der Waals surface area contributed by atoms with E-state index in [1.165, 1.54) is 10.9 Å². The topological polar surface area (TPSA) is 39.1 Å². The van der Waals surface area contributed by atoms with E-state index in [-0.39, 0.29) is 6.04 Å². The normalized spacial score (nSPS) is 16.9. The van der Waals surface area contributed by atoms with E-state index in [1.807, 2.05) is 29.9 Å². The number of rotatable bonds is 3. The highest BCUT2D eigenvalue weighted by Crippen LogP contribution is 2.32. The van der Waals surface area contributed by atoms with Crippen LogP contribution in [0.1, 0.15) is 17.3 Å². The zero-order valence-electron chi connectivity index (χ0n) is 11.9. The van der Waals surface area contributed by atoms with Gasteiger partial charge in [-0.15, -0.1) is 0 Å². The van der Waals surface area contributed by atoms with Gasteiger partial charge in [-0.3, -0.25) is 4.68 Å². The second-order valence-electron chi connectivity index (χ2n) is 5.37. The molecule has 1 aliphatic rings. The van der Waals surface area contributed by atoms with Gasteiger partial charge in [-0.25, -0.2) is 0 Å². The van der Waals surface area contributed by atoms with Crippen LogP contribution in [0.2, 0.25) is 0 Å². The van der Waals surface area contributed by atoms with E-state index >= 15 is 0 Å². The van der Waals surface area contributed by atoms with Gasteiger partial charge in [0.05, 0.1) is 17.3 Å². The lowest BCUT2D eigenvalue weighted by Gasteiger charge is -2.10. The zero-order chi connectivity index (χ0) is 14.2. The number of para-hydroxylation sites is 2. The molecule has 1 atom stereocenters. The maximum atomic E-state index is 5.70. The van der Waals surface area contributed by atoms with Gasteiger partial charge in [-0.05, 0) is 12.1 Å². The van der Waals surface area contributed by atoms with Crippen molar-refractivity contribution in [1.29, 1.82) is 0 Å². The number of hydrogen-bond acceptors (Lipinski definition) is 3. The highest BCUT2D eigenvalue weighted by Gasteiger charge is 2.23. The summed E-state index contributed by atoms with van der Waals surface area (Å²) in [6, 6.07) is 16.8. The molecule has 1 unspecified atom stereocenters. The Morgan fingerprint density at radius 1 is 1.19 bits per heavy atom. The Balaban J connectivity index is 1.57. The van der Waals surface area contributed by atoms with Gasteiger partial charge >= 0.3 is 0 Å². The van der Waals surface area contributed by atoms with Crippen LogP contribution in [0.25, 0.3) is 10.9 Å². The van der Waals surface area contributed by atoms with E-state index in [9.17, 15) is 0 Å². The molecule has 0 bridgehead atoms. The first-order chi connectivity index (χ1) is 10.3. The van der Waals surface area contributed by atoms with Crippen LogP contribution < -0.4 is 10.1 Å². The van der Waals surface area contributed by atoms with E-state index in [0.717, 1.165) is 23.5 Å². The van der Waals surface area contributed by atoms with Gasteiger partial charge in [0.15, 0.2) is 0 Å². The monoisotopic (exact) mass is 279 g/mol. The number of nitrogens with one attached hydrogen (secondary N) is 1. The molecule has 0 amide bonds. The number of aryl methyl sites for hydroxylation is 1. The molecule has 0 saturated heterocycles. The Hall–Kier alpha value is -2.33. The summed E-state index contributed by atoms with van der Waals surface area (Å²) in [6.07, 6.45) is 0. The fraction of sp³-hybridized carbons (Fsp3) is 0.235. The molecular formula is C17H17N3O. The molecule has 0 saturated carbocycles. The fourth-order valence-corrected chi connectivity index (χ4v) is 2.97. The molecule has 106 valence electrons. The van der Waals surface area contributed by atoms with Crippen molar-refractivity contribution in [1.82, 2.24) is 15.1 Å². The van der Waals surface area contributed by atoms with E-state index in [2.05, 4.69) is 40.7 Å². The number of aromatic nitrogens is 2. The van der Waals surface area contributed by atoms with Gasteiger partial charge < -0.3 is 10.1 Å². The highest BCUT2D eigenvalue weighted by molar-refractivity contribution is 5.81. The van der Waals surface area contributed by atoms with Crippen LogP contribution in [0.5, 0.6) is 5.75 Å². The zero-order valence-corrected chi connectivity index (χ0v) is 11.9. The minimum absolute atomic E-state index is 0.238. The maximum absolute atomic E-state index is 5.70. The summed E-state index contributed by atoms with van der Waals surface area (Å²) >= 11 is 0. The molecule has 21 heavy (non-hydrogen) atoms. The second-order valence-corrected chi connectivity index (χ2v) is 5.37. The lowest BCUT2D eigenvalue weighted by atomic mass is 10.1. The van der Waals surface area contributed by atoms with Crippen LogP contribution in [0.15, 0.2) is 48.5 Å². The largest absolute Gasteiger partial charge is 0.491 e. The van der Waals surface area contributed by atoms with Crippen LogP contribution in [-0.4, -0.2) is 16.4 Å². The van der Waals surface area contributed by atoms with E-state index in [4.69, 9.17) is 4.74 Å². The van der Waals surface area contributed by atoms with Gasteiger partial charge in [-0.1, -0.05) is 36.4 Å². The lowest BCUT2D eigenvalue weighted by molar-refractivity contribution is 0.310. The fourth-order valence-electron chi connectivity index (χ4n) is 2.97.